The lowest BCUT2D eigenvalue weighted by Gasteiger charge is -2.39. The molecule has 0 bridgehead atoms. The SMILES string of the molecule is COC(C)(C)CC1(C)CCC(=O)NC1. The molecule has 1 amide bonds. The molecule has 0 spiro atoms. The highest BCUT2D eigenvalue weighted by Gasteiger charge is 2.35. The van der Waals surface area contributed by atoms with Gasteiger partial charge in [0.1, 0.15) is 0 Å². The summed E-state index contributed by atoms with van der Waals surface area (Å²) in [5, 5.41) is 2.92. The first-order valence-electron chi connectivity index (χ1n) is 5.19. The van der Waals surface area contributed by atoms with Crippen LogP contribution >= 0.6 is 0 Å². The van der Waals surface area contributed by atoms with Gasteiger partial charge in [0.15, 0.2) is 0 Å². The highest BCUT2D eigenvalue weighted by Crippen LogP contribution is 2.35. The molecule has 1 aliphatic heterocycles. The van der Waals surface area contributed by atoms with Gasteiger partial charge in [-0.25, -0.2) is 0 Å². The van der Waals surface area contributed by atoms with Crippen LogP contribution in [0.4, 0.5) is 0 Å². The molecule has 1 heterocycles. The van der Waals surface area contributed by atoms with Gasteiger partial charge >= 0.3 is 0 Å². The molecule has 3 nitrogen and oxygen atoms in total. The average Bonchev–Trinajstić information content (AvgIpc) is 2.10. The van der Waals surface area contributed by atoms with Crippen molar-refractivity contribution in [2.75, 3.05) is 13.7 Å². The van der Waals surface area contributed by atoms with Gasteiger partial charge in [0, 0.05) is 20.1 Å². The largest absolute Gasteiger partial charge is 0.379 e. The summed E-state index contributed by atoms with van der Waals surface area (Å²) in [5.41, 5.74) is 0.0875. The van der Waals surface area contributed by atoms with E-state index in [1.165, 1.54) is 0 Å². The van der Waals surface area contributed by atoms with Crippen molar-refractivity contribution in [3.05, 3.63) is 0 Å². The van der Waals surface area contributed by atoms with Gasteiger partial charge in [-0.1, -0.05) is 6.92 Å². The minimum Gasteiger partial charge on any atom is -0.379 e. The molecule has 1 N–H and O–H groups in total. The lowest BCUT2D eigenvalue weighted by molar-refractivity contribution is -0.125. The van der Waals surface area contributed by atoms with E-state index < -0.39 is 0 Å². The van der Waals surface area contributed by atoms with E-state index in [-0.39, 0.29) is 16.9 Å². The number of methoxy groups -OCH3 is 1. The van der Waals surface area contributed by atoms with Crippen LogP contribution in [0.1, 0.15) is 40.0 Å². The summed E-state index contributed by atoms with van der Waals surface area (Å²) in [6, 6.07) is 0. The van der Waals surface area contributed by atoms with E-state index in [9.17, 15) is 4.79 Å². The van der Waals surface area contributed by atoms with E-state index >= 15 is 0 Å². The summed E-state index contributed by atoms with van der Waals surface area (Å²) in [6.07, 6.45) is 2.60. The van der Waals surface area contributed by atoms with E-state index in [4.69, 9.17) is 4.74 Å². The third-order valence-electron chi connectivity index (χ3n) is 3.07. The first-order valence-corrected chi connectivity index (χ1v) is 5.19. The van der Waals surface area contributed by atoms with Crippen molar-refractivity contribution in [2.24, 2.45) is 5.41 Å². The molecule has 1 fully saturated rings. The number of amides is 1. The first kappa shape index (κ1) is 11.5. The third-order valence-corrected chi connectivity index (χ3v) is 3.07. The molecular weight excluding hydrogens is 178 g/mol. The highest BCUT2D eigenvalue weighted by atomic mass is 16.5. The Labute approximate surface area is 86.2 Å². The van der Waals surface area contributed by atoms with E-state index in [0.717, 1.165) is 19.4 Å². The van der Waals surface area contributed by atoms with Crippen LogP contribution in [0.2, 0.25) is 0 Å². The lowest BCUT2D eigenvalue weighted by atomic mass is 9.75. The van der Waals surface area contributed by atoms with Crippen molar-refractivity contribution in [2.45, 2.75) is 45.6 Å². The molecule has 1 aliphatic rings. The Morgan fingerprint density at radius 1 is 1.57 bits per heavy atom. The second-order valence-corrected chi connectivity index (χ2v) is 5.23. The Morgan fingerprint density at radius 2 is 2.21 bits per heavy atom. The Bertz CT molecular complexity index is 213. The standard InChI is InChI=1S/C11H21NO2/c1-10(2,14-4)7-11(3)6-5-9(13)12-8-11/h5-8H2,1-4H3,(H,12,13). The second-order valence-electron chi connectivity index (χ2n) is 5.23. The maximum absolute atomic E-state index is 11.0. The number of piperidine rings is 1. The molecule has 0 radical (unpaired) electrons. The van der Waals surface area contributed by atoms with E-state index in [2.05, 4.69) is 26.1 Å². The van der Waals surface area contributed by atoms with Crippen LogP contribution in [0.5, 0.6) is 0 Å². The number of hydrogen-bond acceptors (Lipinski definition) is 2. The zero-order valence-corrected chi connectivity index (χ0v) is 9.64. The smallest absolute Gasteiger partial charge is 0.220 e. The Hall–Kier alpha value is -0.570. The maximum Gasteiger partial charge on any atom is 0.220 e. The van der Waals surface area contributed by atoms with Gasteiger partial charge in [-0.05, 0) is 32.1 Å². The summed E-state index contributed by atoms with van der Waals surface area (Å²) < 4.78 is 5.42. The predicted molar refractivity (Wildman–Crippen MR) is 56.1 cm³/mol. The Kier molecular flexibility index (Phi) is 3.20. The van der Waals surface area contributed by atoms with Crippen LogP contribution in [0.3, 0.4) is 0 Å². The molecule has 0 aliphatic carbocycles. The Morgan fingerprint density at radius 3 is 2.64 bits per heavy atom. The molecule has 1 unspecified atom stereocenters. The number of ether oxygens (including phenoxy) is 1. The van der Waals surface area contributed by atoms with Gasteiger partial charge in [-0.3, -0.25) is 4.79 Å². The first-order chi connectivity index (χ1) is 6.37. The van der Waals surface area contributed by atoms with Crippen molar-refractivity contribution < 1.29 is 9.53 Å². The summed E-state index contributed by atoms with van der Waals surface area (Å²) in [4.78, 5) is 11.0. The molecule has 1 atom stereocenters. The topological polar surface area (TPSA) is 38.3 Å². The van der Waals surface area contributed by atoms with Gasteiger partial charge in [0.2, 0.25) is 5.91 Å². The average molecular weight is 199 g/mol. The lowest BCUT2D eigenvalue weighted by Crippen LogP contribution is -2.45. The van der Waals surface area contributed by atoms with Crippen molar-refractivity contribution in [3.8, 4) is 0 Å². The highest BCUT2D eigenvalue weighted by molar-refractivity contribution is 5.76. The summed E-state index contributed by atoms with van der Waals surface area (Å²) in [5.74, 6) is 0.178. The number of hydrogen-bond donors (Lipinski definition) is 1. The zero-order chi connectivity index (χ0) is 10.8. The van der Waals surface area contributed by atoms with Gasteiger partial charge in [-0.2, -0.15) is 0 Å². The van der Waals surface area contributed by atoms with Crippen molar-refractivity contribution in [3.63, 3.8) is 0 Å². The van der Waals surface area contributed by atoms with Gasteiger partial charge < -0.3 is 10.1 Å². The van der Waals surface area contributed by atoms with Crippen molar-refractivity contribution in [1.82, 2.24) is 5.32 Å². The fourth-order valence-electron chi connectivity index (χ4n) is 2.15. The van der Waals surface area contributed by atoms with Gasteiger partial charge in [0.25, 0.3) is 0 Å². The Balaban J connectivity index is 2.54. The molecule has 0 saturated carbocycles. The number of carbonyl (C=O) groups is 1. The molecular formula is C11H21NO2. The van der Waals surface area contributed by atoms with Gasteiger partial charge in [0.05, 0.1) is 5.60 Å². The number of nitrogens with one attached hydrogen (secondary N) is 1. The molecule has 0 aromatic carbocycles. The van der Waals surface area contributed by atoms with Crippen LogP contribution in [-0.2, 0) is 9.53 Å². The molecule has 0 aromatic rings. The minimum absolute atomic E-state index is 0.100. The molecule has 82 valence electrons. The molecule has 3 heteroatoms. The van der Waals surface area contributed by atoms with Gasteiger partial charge in [-0.15, -0.1) is 0 Å². The second kappa shape index (κ2) is 3.89. The predicted octanol–water partition coefficient (Wildman–Crippen LogP) is 1.72. The fourth-order valence-corrected chi connectivity index (χ4v) is 2.15. The van der Waals surface area contributed by atoms with E-state index in [0.29, 0.717) is 6.42 Å². The van der Waals surface area contributed by atoms with Crippen LogP contribution in [-0.4, -0.2) is 25.2 Å². The maximum atomic E-state index is 11.0. The summed E-state index contributed by atoms with van der Waals surface area (Å²) >= 11 is 0. The number of carbonyl (C=O) groups excluding carboxylic acids is 1. The van der Waals surface area contributed by atoms with Crippen molar-refractivity contribution >= 4 is 5.91 Å². The zero-order valence-electron chi connectivity index (χ0n) is 9.64. The van der Waals surface area contributed by atoms with Crippen LogP contribution in [0.15, 0.2) is 0 Å². The van der Waals surface area contributed by atoms with Crippen LogP contribution in [0.25, 0.3) is 0 Å². The normalized spacial score (nSPS) is 28.7. The quantitative estimate of drug-likeness (QED) is 0.751. The van der Waals surface area contributed by atoms with Crippen LogP contribution < -0.4 is 5.32 Å². The minimum atomic E-state index is -0.100. The molecule has 14 heavy (non-hydrogen) atoms. The molecule has 1 saturated heterocycles. The monoisotopic (exact) mass is 199 g/mol. The summed E-state index contributed by atoms with van der Waals surface area (Å²) in [6.45, 7) is 7.18. The van der Waals surface area contributed by atoms with Crippen LogP contribution in [0, 0.1) is 5.41 Å². The number of rotatable bonds is 3. The van der Waals surface area contributed by atoms with E-state index in [1.54, 1.807) is 7.11 Å². The summed E-state index contributed by atoms with van der Waals surface area (Å²) in [7, 11) is 1.74. The fraction of sp³-hybridized carbons (Fsp3) is 0.909. The molecule has 0 aromatic heterocycles. The molecule has 1 rings (SSSR count). The van der Waals surface area contributed by atoms with E-state index in [1.807, 2.05) is 0 Å². The third kappa shape index (κ3) is 2.98. The van der Waals surface area contributed by atoms with Crippen molar-refractivity contribution in [1.29, 1.82) is 0 Å².